The van der Waals surface area contributed by atoms with E-state index >= 15 is 0 Å². The Labute approximate surface area is 264 Å². The average Bonchev–Trinajstić information content (AvgIpc) is 2.98. The van der Waals surface area contributed by atoms with Gasteiger partial charge in [0.25, 0.3) is 0 Å². The molecule has 42 heavy (non-hydrogen) atoms. The second-order valence-corrected chi connectivity index (χ2v) is 21.2. The fourth-order valence-electron chi connectivity index (χ4n) is 6.06. The van der Waals surface area contributed by atoms with Gasteiger partial charge in [-0.1, -0.05) is 133 Å². The molecular formula is C39H50S2Si. The van der Waals surface area contributed by atoms with Gasteiger partial charge in [0.05, 0.1) is 0 Å². The van der Waals surface area contributed by atoms with Gasteiger partial charge >= 0.3 is 0 Å². The fraction of sp³-hybridized carbons (Fsp3) is 0.436. The van der Waals surface area contributed by atoms with Crippen LogP contribution in [0.1, 0.15) is 71.1 Å². The Bertz CT molecular complexity index is 1520. The number of benzene rings is 5. The second-order valence-electron chi connectivity index (χ2n) is 13.3. The van der Waals surface area contributed by atoms with Crippen molar-refractivity contribution in [2.24, 2.45) is 0 Å². The molecule has 0 amide bonds. The van der Waals surface area contributed by atoms with Crippen LogP contribution in [-0.4, -0.2) is 19.6 Å². The molecule has 0 heterocycles. The highest BCUT2D eigenvalue weighted by Crippen LogP contribution is 2.46. The summed E-state index contributed by atoms with van der Waals surface area (Å²) in [4.78, 5) is 2.97. The fourth-order valence-corrected chi connectivity index (χ4v) is 11.0. The van der Waals surface area contributed by atoms with Crippen LogP contribution in [0.3, 0.4) is 0 Å². The van der Waals surface area contributed by atoms with E-state index in [1.807, 2.05) is 0 Å². The SMILES string of the molecule is CCCCCCCCCCCCSc1c2cc3ccccc3cc2c(SCC[Si](C)(C)C)c2cc3ccccc3cc12. The molecule has 0 saturated carbocycles. The number of fused-ring (bicyclic) bond motifs is 4. The molecule has 0 aliphatic carbocycles. The first-order chi connectivity index (χ1) is 20.4. The minimum Gasteiger partial charge on any atom is -0.125 e. The van der Waals surface area contributed by atoms with Crippen molar-refractivity contribution in [3.05, 3.63) is 72.8 Å². The van der Waals surface area contributed by atoms with Crippen LogP contribution in [0.15, 0.2) is 82.6 Å². The lowest BCUT2D eigenvalue weighted by Gasteiger charge is -2.20. The van der Waals surface area contributed by atoms with E-state index in [0.717, 1.165) is 0 Å². The maximum atomic E-state index is 2.50. The normalized spacial score (nSPS) is 12.3. The summed E-state index contributed by atoms with van der Waals surface area (Å²) in [7, 11) is -1.11. The van der Waals surface area contributed by atoms with E-state index < -0.39 is 8.07 Å². The number of hydrogen-bond donors (Lipinski definition) is 0. The molecule has 0 saturated heterocycles. The van der Waals surface area contributed by atoms with Gasteiger partial charge in [0.1, 0.15) is 0 Å². The van der Waals surface area contributed by atoms with Crippen LogP contribution in [0.5, 0.6) is 0 Å². The summed E-state index contributed by atoms with van der Waals surface area (Å²) in [6.07, 6.45) is 13.9. The third-order valence-corrected chi connectivity index (χ3v) is 13.1. The monoisotopic (exact) mass is 610 g/mol. The molecule has 0 unspecified atom stereocenters. The van der Waals surface area contributed by atoms with Gasteiger partial charge in [0, 0.05) is 17.9 Å². The van der Waals surface area contributed by atoms with Gasteiger partial charge in [-0.3, -0.25) is 0 Å². The molecule has 5 aromatic carbocycles. The van der Waals surface area contributed by atoms with E-state index in [-0.39, 0.29) is 0 Å². The van der Waals surface area contributed by atoms with Crippen LogP contribution < -0.4 is 0 Å². The lowest BCUT2D eigenvalue weighted by molar-refractivity contribution is 0.563. The summed E-state index contributed by atoms with van der Waals surface area (Å²) in [5.74, 6) is 2.40. The summed E-state index contributed by atoms with van der Waals surface area (Å²) in [5, 5.41) is 11.2. The van der Waals surface area contributed by atoms with Crippen molar-refractivity contribution in [3.8, 4) is 0 Å². The van der Waals surface area contributed by atoms with Gasteiger partial charge in [-0.05, 0) is 91.3 Å². The molecule has 0 fully saturated rings. The number of thioether (sulfide) groups is 2. The zero-order chi connectivity index (χ0) is 29.4. The molecule has 0 atom stereocenters. The molecule has 0 aliphatic heterocycles. The first kappa shape index (κ1) is 31.5. The van der Waals surface area contributed by atoms with Crippen molar-refractivity contribution >= 4 is 74.7 Å². The maximum absolute atomic E-state index is 2.50. The Balaban J connectivity index is 1.45. The molecule has 0 radical (unpaired) electrons. The minimum atomic E-state index is -1.11. The molecule has 0 nitrogen and oxygen atoms in total. The molecule has 3 heteroatoms. The van der Waals surface area contributed by atoms with E-state index in [1.54, 1.807) is 0 Å². The highest BCUT2D eigenvalue weighted by molar-refractivity contribution is 8.00. The molecule has 5 aromatic rings. The lowest BCUT2D eigenvalue weighted by atomic mass is 9.97. The van der Waals surface area contributed by atoms with Crippen molar-refractivity contribution in [3.63, 3.8) is 0 Å². The standard InChI is InChI=1S/C39H50S2Si/c1-5-6-7-8-9-10-11-12-13-18-23-40-38-34-26-30-19-14-16-21-32(30)28-36(34)39(41-24-25-42(2,3)4)37-29-33-22-17-15-20-31(33)27-35(37)38/h14-17,19-22,26-29H,5-13,18,23-25H2,1-4H3. The molecule has 222 valence electrons. The van der Waals surface area contributed by atoms with E-state index in [4.69, 9.17) is 0 Å². The van der Waals surface area contributed by atoms with Gasteiger partial charge in [-0.15, -0.1) is 23.5 Å². The van der Waals surface area contributed by atoms with Crippen molar-refractivity contribution in [2.45, 2.75) is 107 Å². The van der Waals surface area contributed by atoms with Gasteiger partial charge in [0.15, 0.2) is 0 Å². The third kappa shape index (κ3) is 8.15. The quantitative estimate of drug-likeness (QED) is 0.0472. The highest BCUT2D eigenvalue weighted by Gasteiger charge is 2.19. The summed E-state index contributed by atoms with van der Waals surface area (Å²) in [6.45, 7) is 9.80. The Morgan fingerprint density at radius 2 is 0.833 bits per heavy atom. The molecule has 0 aromatic heterocycles. The molecular weight excluding hydrogens is 561 g/mol. The van der Waals surface area contributed by atoms with Crippen LogP contribution in [0.4, 0.5) is 0 Å². The summed E-state index contributed by atoms with van der Waals surface area (Å²) in [5.41, 5.74) is 0. The number of hydrogen-bond acceptors (Lipinski definition) is 2. The van der Waals surface area contributed by atoms with Crippen molar-refractivity contribution in [1.82, 2.24) is 0 Å². The summed E-state index contributed by atoms with van der Waals surface area (Å²) in [6, 6.07) is 29.2. The van der Waals surface area contributed by atoms with Crippen LogP contribution in [0.25, 0.3) is 43.1 Å². The maximum Gasteiger partial charge on any atom is 0.0450 e. The lowest BCUT2D eigenvalue weighted by Crippen LogP contribution is -2.19. The Morgan fingerprint density at radius 1 is 0.476 bits per heavy atom. The minimum absolute atomic E-state index is 1.11. The Hall–Kier alpha value is -1.94. The van der Waals surface area contributed by atoms with Crippen LogP contribution in [0, 0.1) is 0 Å². The summed E-state index contributed by atoms with van der Waals surface area (Å²) >= 11 is 4.21. The number of rotatable bonds is 16. The molecule has 0 N–H and O–H groups in total. The Kier molecular flexibility index (Phi) is 11.4. The van der Waals surface area contributed by atoms with Gasteiger partial charge in [-0.2, -0.15) is 0 Å². The second kappa shape index (κ2) is 15.2. The van der Waals surface area contributed by atoms with E-state index in [9.17, 15) is 0 Å². The molecule has 5 rings (SSSR count). The smallest absolute Gasteiger partial charge is 0.0450 e. The third-order valence-electron chi connectivity index (χ3n) is 8.59. The predicted octanol–water partition coefficient (Wildman–Crippen LogP) is 13.7. The van der Waals surface area contributed by atoms with Gasteiger partial charge in [-0.25, -0.2) is 0 Å². The molecule has 0 bridgehead atoms. The van der Waals surface area contributed by atoms with E-state index in [1.165, 1.54) is 135 Å². The van der Waals surface area contributed by atoms with Gasteiger partial charge in [0.2, 0.25) is 0 Å². The van der Waals surface area contributed by atoms with Gasteiger partial charge < -0.3 is 0 Å². The topological polar surface area (TPSA) is 0 Å². The highest BCUT2D eigenvalue weighted by atomic mass is 32.2. The number of unbranched alkanes of at least 4 members (excludes halogenated alkanes) is 9. The zero-order valence-electron chi connectivity index (χ0n) is 26.4. The van der Waals surface area contributed by atoms with E-state index in [2.05, 4.69) is 123 Å². The van der Waals surface area contributed by atoms with Crippen LogP contribution in [0.2, 0.25) is 25.7 Å². The Morgan fingerprint density at radius 3 is 1.21 bits per heavy atom. The molecule has 0 spiro atoms. The van der Waals surface area contributed by atoms with Crippen molar-refractivity contribution < 1.29 is 0 Å². The molecule has 0 aliphatic rings. The zero-order valence-corrected chi connectivity index (χ0v) is 29.1. The largest absolute Gasteiger partial charge is 0.125 e. The van der Waals surface area contributed by atoms with Crippen molar-refractivity contribution in [2.75, 3.05) is 11.5 Å². The summed E-state index contributed by atoms with van der Waals surface area (Å²) < 4.78 is 0. The van der Waals surface area contributed by atoms with Crippen molar-refractivity contribution in [1.29, 1.82) is 0 Å². The van der Waals surface area contributed by atoms with E-state index in [0.29, 0.717) is 0 Å². The first-order valence-corrected chi connectivity index (χ1v) is 22.2. The van der Waals surface area contributed by atoms with Crippen LogP contribution in [-0.2, 0) is 0 Å². The first-order valence-electron chi connectivity index (χ1n) is 16.5. The average molecular weight is 611 g/mol. The van der Waals surface area contributed by atoms with Crippen LogP contribution >= 0.6 is 23.5 Å². The predicted molar refractivity (Wildman–Crippen MR) is 198 cm³/mol.